The van der Waals surface area contributed by atoms with Gasteiger partial charge in [0.1, 0.15) is 11.4 Å². The Labute approximate surface area is 112 Å². The Hall–Kier alpha value is -0.770. The molecule has 0 aromatic heterocycles. The van der Waals surface area contributed by atoms with E-state index in [0.717, 1.165) is 31.5 Å². The molecule has 1 N–H and O–H groups in total. The maximum atomic E-state index is 10.3. The van der Waals surface area contributed by atoms with Gasteiger partial charge in [-0.15, -0.1) is 0 Å². The van der Waals surface area contributed by atoms with Crippen molar-refractivity contribution in [3.8, 4) is 5.75 Å². The first-order valence-corrected chi connectivity index (χ1v) is 6.81. The second-order valence-corrected chi connectivity index (χ2v) is 5.87. The maximum absolute atomic E-state index is 10.3. The Bertz CT molecular complexity index is 455. The van der Waals surface area contributed by atoms with Crippen LogP contribution in [0, 0.1) is 0 Å². The van der Waals surface area contributed by atoms with E-state index in [-0.39, 0.29) is 5.60 Å². The van der Waals surface area contributed by atoms with Gasteiger partial charge in [-0.25, -0.2) is 0 Å². The van der Waals surface area contributed by atoms with Gasteiger partial charge in [0.15, 0.2) is 0 Å². The van der Waals surface area contributed by atoms with Gasteiger partial charge < -0.3 is 14.7 Å². The van der Waals surface area contributed by atoms with E-state index >= 15 is 0 Å². The van der Waals surface area contributed by atoms with Gasteiger partial charge >= 0.3 is 0 Å². The molecule has 2 aliphatic heterocycles. The summed E-state index contributed by atoms with van der Waals surface area (Å²) in [5, 5.41) is 10.9. The SMILES string of the molecule is CN1CCC2(CC1)CC(O)c1cccc(Cl)c1O2. The average molecular weight is 268 g/mol. The molecule has 1 unspecified atom stereocenters. The molecule has 3 rings (SSSR count). The molecular weight excluding hydrogens is 250 g/mol. The van der Waals surface area contributed by atoms with E-state index in [1.54, 1.807) is 0 Å². The van der Waals surface area contributed by atoms with Crippen molar-refractivity contribution in [3.05, 3.63) is 28.8 Å². The summed E-state index contributed by atoms with van der Waals surface area (Å²) in [6.07, 6.45) is 2.11. The third kappa shape index (κ3) is 2.00. The van der Waals surface area contributed by atoms with Crippen molar-refractivity contribution < 1.29 is 9.84 Å². The first-order chi connectivity index (χ1) is 8.60. The second kappa shape index (κ2) is 4.41. The Morgan fingerprint density at radius 3 is 2.83 bits per heavy atom. The van der Waals surface area contributed by atoms with E-state index < -0.39 is 6.10 Å². The van der Waals surface area contributed by atoms with E-state index in [0.29, 0.717) is 17.2 Å². The van der Waals surface area contributed by atoms with Crippen molar-refractivity contribution >= 4 is 11.6 Å². The van der Waals surface area contributed by atoms with Crippen LogP contribution in [0.25, 0.3) is 0 Å². The van der Waals surface area contributed by atoms with Gasteiger partial charge in [-0.1, -0.05) is 23.7 Å². The fraction of sp³-hybridized carbons (Fsp3) is 0.571. The van der Waals surface area contributed by atoms with Crippen molar-refractivity contribution in [1.82, 2.24) is 4.90 Å². The van der Waals surface area contributed by atoms with Gasteiger partial charge in [-0.2, -0.15) is 0 Å². The lowest BCUT2D eigenvalue weighted by Gasteiger charge is -2.45. The molecule has 1 spiro atoms. The van der Waals surface area contributed by atoms with Gasteiger partial charge in [0.25, 0.3) is 0 Å². The first kappa shape index (κ1) is 12.3. The Morgan fingerprint density at radius 1 is 1.39 bits per heavy atom. The average Bonchev–Trinajstić information content (AvgIpc) is 2.35. The number of fused-ring (bicyclic) bond motifs is 1. The minimum Gasteiger partial charge on any atom is -0.485 e. The molecule has 1 atom stereocenters. The van der Waals surface area contributed by atoms with Crippen LogP contribution in [-0.2, 0) is 0 Å². The molecule has 0 radical (unpaired) electrons. The number of hydrogen-bond donors (Lipinski definition) is 1. The number of hydrogen-bond acceptors (Lipinski definition) is 3. The minimum absolute atomic E-state index is 0.232. The van der Waals surface area contributed by atoms with Crippen molar-refractivity contribution in [2.75, 3.05) is 20.1 Å². The molecule has 1 fully saturated rings. The summed E-state index contributed by atoms with van der Waals surface area (Å²) in [5.41, 5.74) is 0.594. The molecule has 2 aliphatic rings. The number of nitrogens with zero attached hydrogens (tertiary/aromatic N) is 1. The number of rotatable bonds is 0. The molecule has 1 aromatic carbocycles. The molecule has 0 aliphatic carbocycles. The summed E-state index contributed by atoms with van der Waals surface area (Å²) in [6, 6.07) is 5.58. The van der Waals surface area contributed by atoms with E-state index in [2.05, 4.69) is 11.9 Å². The lowest BCUT2D eigenvalue weighted by molar-refractivity contribution is -0.0502. The maximum Gasteiger partial charge on any atom is 0.144 e. The third-order valence-corrected chi connectivity index (χ3v) is 4.44. The van der Waals surface area contributed by atoms with Gasteiger partial charge in [-0.05, 0) is 26.0 Å². The zero-order valence-electron chi connectivity index (χ0n) is 10.5. The molecule has 1 saturated heterocycles. The smallest absolute Gasteiger partial charge is 0.144 e. The molecule has 3 nitrogen and oxygen atoms in total. The van der Waals surface area contributed by atoms with Crippen LogP contribution in [0.3, 0.4) is 0 Å². The van der Waals surface area contributed by atoms with Crippen LogP contribution >= 0.6 is 11.6 Å². The predicted octanol–water partition coefficient (Wildman–Crippen LogP) is 2.62. The number of ether oxygens (including phenoxy) is 1. The van der Waals surface area contributed by atoms with Crippen LogP contribution in [-0.4, -0.2) is 35.7 Å². The highest BCUT2D eigenvalue weighted by atomic mass is 35.5. The topological polar surface area (TPSA) is 32.7 Å². The van der Waals surface area contributed by atoms with Crippen molar-refractivity contribution in [2.45, 2.75) is 31.0 Å². The predicted molar refractivity (Wildman–Crippen MR) is 71.1 cm³/mol. The second-order valence-electron chi connectivity index (χ2n) is 5.47. The highest BCUT2D eigenvalue weighted by Crippen LogP contribution is 2.46. The molecule has 98 valence electrons. The Kier molecular flexibility index (Phi) is 3.00. The first-order valence-electron chi connectivity index (χ1n) is 6.44. The summed E-state index contributed by atoms with van der Waals surface area (Å²) in [5.74, 6) is 0.683. The molecule has 0 amide bonds. The summed E-state index contributed by atoms with van der Waals surface area (Å²) in [4.78, 5) is 2.29. The van der Waals surface area contributed by atoms with Gasteiger partial charge in [0.05, 0.1) is 11.1 Å². The number of benzene rings is 1. The summed E-state index contributed by atoms with van der Waals surface area (Å²) < 4.78 is 6.19. The van der Waals surface area contributed by atoms with Crippen molar-refractivity contribution in [2.24, 2.45) is 0 Å². The number of aliphatic hydroxyl groups is 1. The van der Waals surface area contributed by atoms with Crippen LogP contribution in [0.15, 0.2) is 18.2 Å². The van der Waals surface area contributed by atoms with Gasteiger partial charge in [-0.3, -0.25) is 0 Å². The lowest BCUT2D eigenvalue weighted by Crippen LogP contribution is -2.49. The van der Waals surface area contributed by atoms with E-state index in [9.17, 15) is 5.11 Å². The molecule has 4 heteroatoms. The lowest BCUT2D eigenvalue weighted by atomic mass is 9.82. The quantitative estimate of drug-likeness (QED) is 0.784. The number of halogens is 1. The van der Waals surface area contributed by atoms with E-state index in [1.165, 1.54) is 0 Å². The summed E-state index contributed by atoms with van der Waals surface area (Å²) in [6.45, 7) is 2.01. The fourth-order valence-electron chi connectivity index (χ4n) is 2.95. The zero-order valence-corrected chi connectivity index (χ0v) is 11.3. The van der Waals surface area contributed by atoms with Gasteiger partial charge in [0, 0.05) is 25.1 Å². The highest BCUT2D eigenvalue weighted by molar-refractivity contribution is 6.32. The van der Waals surface area contributed by atoms with Crippen molar-refractivity contribution in [1.29, 1.82) is 0 Å². The van der Waals surface area contributed by atoms with E-state index in [4.69, 9.17) is 16.3 Å². The largest absolute Gasteiger partial charge is 0.485 e. The molecule has 1 aromatic rings. The molecular formula is C14H18ClNO2. The molecule has 2 heterocycles. The highest BCUT2D eigenvalue weighted by Gasteiger charge is 2.42. The summed E-state index contributed by atoms with van der Waals surface area (Å²) >= 11 is 6.19. The van der Waals surface area contributed by atoms with Gasteiger partial charge in [0.2, 0.25) is 0 Å². The number of likely N-dealkylation sites (tertiary alicyclic amines) is 1. The molecule has 0 bridgehead atoms. The molecule has 18 heavy (non-hydrogen) atoms. The van der Waals surface area contributed by atoms with Crippen LogP contribution < -0.4 is 4.74 Å². The number of aliphatic hydroxyl groups excluding tert-OH is 1. The monoisotopic (exact) mass is 267 g/mol. The minimum atomic E-state index is -0.462. The van der Waals surface area contributed by atoms with Crippen molar-refractivity contribution in [3.63, 3.8) is 0 Å². The summed E-state index contributed by atoms with van der Waals surface area (Å²) in [7, 11) is 2.12. The standard InChI is InChI=1S/C14H18ClNO2/c1-16-7-5-14(6-8-16)9-12(17)10-3-2-4-11(15)13(10)18-14/h2-4,12,17H,5-9H2,1H3. The van der Waals surface area contributed by atoms with E-state index in [1.807, 2.05) is 18.2 Å². The normalized spacial score (nSPS) is 26.7. The molecule has 0 saturated carbocycles. The zero-order chi connectivity index (χ0) is 12.8. The van der Waals surface area contributed by atoms with Crippen LogP contribution in [0.2, 0.25) is 5.02 Å². The van der Waals surface area contributed by atoms with Crippen LogP contribution in [0.4, 0.5) is 0 Å². The van der Waals surface area contributed by atoms with Crippen LogP contribution in [0.1, 0.15) is 30.9 Å². The Balaban J connectivity index is 1.93. The van der Waals surface area contributed by atoms with Crippen LogP contribution in [0.5, 0.6) is 5.75 Å². The Morgan fingerprint density at radius 2 is 2.11 bits per heavy atom. The fourth-order valence-corrected chi connectivity index (χ4v) is 3.17. The number of piperidine rings is 1. The third-order valence-electron chi connectivity index (χ3n) is 4.14. The number of para-hydroxylation sites is 1.